The second-order valence-corrected chi connectivity index (χ2v) is 7.68. The molecule has 0 saturated carbocycles. The number of carbonyl (C=O) groups is 2. The third-order valence-corrected chi connectivity index (χ3v) is 5.95. The first-order valence-electron chi connectivity index (χ1n) is 9.54. The summed E-state index contributed by atoms with van der Waals surface area (Å²) in [6.07, 6.45) is 2.87. The molecule has 0 aliphatic carbocycles. The number of nitrogens with zero attached hydrogens (tertiary/aromatic N) is 4. The average Bonchev–Trinajstić information content (AvgIpc) is 3.13. The van der Waals surface area contributed by atoms with Gasteiger partial charge in [-0.05, 0) is 25.3 Å². The zero-order chi connectivity index (χ0) is 17.1. The molecule has 0 radical (unpaired) electrons. The van der Waals surface area contributed by atoms with Crippen molar-refractivity contribution in [1.29, 1.82) is 0 Å². The molecule has 3 fully saturated rings. The first kappa shape index (κ1) is 17.7. The molecule has 3 saturated heterocycles. The largest absolute Gasteiger partial charge is 0.343 e. The average molecular weight is 336 g/mol. The first-order chi connectivity index (χ1) is 11.5. The fourth-order valence-electron chi connectivity index (χ4n) is 4.50. The smallest absolute Gasteiger partial charge is 0.222 e. The Kier molecular flexibility index (Phi) is 5.76. The van der Waals surface area contributed by atoms with Crippen LogP contribution in [0.2, 0.25) is 0 Å². The summed E-state index contributed by atoms with van der Waals surface area (Å²) in [7, 11) is 0. The van der Waals surface area contributed by atoms with E-state index < -0.39 is 0 Å². The fraction of sp³-hybridized carbons (Fsp3) is 0.889. The minimum atomic E-state index is 0.201. The van der Waals surface area contributed by atoms with E-state index in [0.29, 0.717) is 17.9 Å². The van der Waals surface area contributed by atoms with E-state index in [9.17, 15) is 9.59 Å². The second-order valence-electron chi connectivity index (χ2n) is 7.68. The molecule has 2 amide bonds. The van der Waals surface area contributed by atoms with Crippen molar-refractivity contribution in [3.8, 4) is 0 Å². The van der Waals surface area contributed by atoms with Gasteiger partial charge in [-0.15, -0.1) is 0 Å². The van der Waals surface area contributed by atoms with Crippen LogP contribution in [0, 0.1) is 5.92 Å². The highest BCUT2D eigenvalue weighted by atomic mass is 16.2. The van der Waals surface area contributed by atoms with Crippen molar-refractivity contribution in [2.24, 2.45) is 5.92 Å². The number of likely N-dealkylation sites (tertiary alicyclic amines) is 2. The molecular weight excluding hydrogens is 304 g/mol. The molecule has 3 rings (SSSR count). The normalized spacial score (nSPS) is 29.7. The third-order valence-electron chi connectivity index (χ3n) is 5.95. The van der Waals surface area contributed by atoms with E-state index in [1.165, 1.54) is 0 Å². The lowest BCUT2D eigenvalue weighted by Crippen LogP contribution is -2.53. The van der Waals surface area contributed by atoms with Crippen LogP contribution in [0.15, 0.2) is 0 Å². The molecule has 3 aliphatic rings. The zero-order valence-corrected chi connectivity index (χ0v) is 15.2. The lowest BCUT2D eigenvalue weighted by atomic mass is 10.0. The van der Waals surface area contributed by atoms with Gasteiger partial charge in [-0.25, -0.2) is 0 Å². The molecule has 0 bridgehead atoms. The van der Waals surface area contributed by atoms with Crippen LogP contribution in [0.25, 0.3) is 0 Å². The van der Waals surface area contributed by atoms with Gasteiger partial charge in [-0.3, -0.25) is 14.5 Å². The van der Waals surface area contributed by atoms with Gasteiger partial charge in [-0.1, -0.05) is 6.92 Å². The lowest BCUT2D eigenvalue weighted by molar-refractivity contribution is -0.131. The summed E-state index contributed by atoms with van der Waals surface area (Å²) in [5, 5.41) is 0. The molecule has 0 aromatic rings. The summed E-state index contributed by atoms with van der Waals surface area (Å²) in [5.41, 5.74) is 0. The molecule has 6 nitrogen and oxygen atoms in total. The predicted octanol–water partition coefficient (Wildman–Crippen LogP) is 0.483. The molecule has 0 unspecified atom stereocenters. The van der Waals surface area contributed by atoms with Gasteiger partial charge in [0.05, 0.1) is 0 Å². The fourth-order valence-corrected chi connectivity index (χ4v) is 4.50. The summed E-state index contributed by atoms with van der Waals surface area (Å²) in [4.78, 5) is 32.3. The Morgan fingerprint density at radius 2 is 1.83 bits per heavy atom. The van der Waals surface area contributed by atoms with Gasteiger partial charge < -0.3 is 14.7 Å². The molecule has 24 heavy (non-hydrogen) atoms. The quantitative estimate of drug-likeness (QED) is 0.733. The van der Waals surface area contributed by atoms with Crippen molar-refractivity contribution in [2.45, 2.75) is 39.2 Å². The molecule has 3 aliphatic heterocycles. The summed E-state index contributed by atoms with van der Waals surface area (Å²) in [5.74, 6) is 1.22. The van der Waals surface area contributed by atoms with Crippen LogP contribution in [0.4, 0.5) is 0 Å². The Morgan fingerprint density at radius 1 is 1.08 bits per heavy atom. The maximum atomic E-state index is 11.7. The van der Waals surface area contributed by atoms with Gasteiger partial charge >= 0.3 is 0 Å². The van der Waals surface area contributed by atoms with Crippen molar-refractivity contribution < 1.29 is 9.59 Å². The number of rotatable bonds is 5. The summed E-state index contributed by atoms with van der Waals surface area (Å²) in [6.45, 7) is 13.0. The molecule has 0 spiro atoms. The van der Waals surface area contributed by atoms with Crippen molar-refractivity contribution in [3.05, 3.63) is 0 Å². The lowest BCUT2D eigenvalue weighted by Gasteiger charge is -2.39. The van der Waals surface area contributed by atoms with E-state index in [4.69, 9.17) is 0 Å². The highest BCUT2D eigenvalue weighted by Crippen LogP contribution is 2.23. The molecule has 0 aromatic heterocycles. The molecule has 3 heterocycles. The number of hydrogen-bond acceptors (Lipinski definition) is 4. The monoisotopic (exact) mass is 336 g/mol. The van der Waals surface area contributed by atoms with Crippen LogP contribution >= 0.6 is 0 Å². The standard InChI is InChI=1S/C18H32N4O2/c1-15-13-19(6-4-8-22-7-3-5-18(22)24)14-17(15)21-11-9-20(10-12-21)16(2)23/h15,17H,3-14H2,1-2H3/t15-,17+/m1/s1. The number of hydrogen-bond donors (Lipinski definition) is 0. The van der Waals surface area contributed by atoms with Crippen molar-refractivity contribution in [1.82, 2.24) is 19.6 Å². The van der Waals surface area contributed by atoms with E-state index in [2.05, 4.69) is 16.7 Å². The van der Waals surface area contributed by atoms with Crippen LogP contribution in [0.1, 0.15) is 33.1 Å². The van der Waals surface area contributed by atoms with E-state index in [1.54, 1.807) is 6.92 Å². The van der Waals surface area contributed by atoms with Crippen LogP contribution in [0.3, 0.4) is 0 Å². The Morgan fingerprint density at radius 3 is 2.46 bits per heavy atom. The first-order valence-corrected chi connectivity index (χ1v) is 9.54. The molecular formula is C18H32N4O2. The van der Waals surface area contributed by atoms with Gasteiger partial charge in [0, 0.05) is 71.7 Å². The Labute approximate surface area is 145 Å². The van der Waals surface area contributed by atoms with Gasteiger partial charge in [0.1, 0.15) is 0 Å². The summed E-state index contributed by atoms with van der Waals surface area (Å²) >= 11 is 0. The SMILES string of the molecule is CC(=O)N1CCN([C@H]2CN(CCCN3CCCC3=O)C[C@H]2C)CC1. The number of carbonyl (C=O) groups excluding carboxylic acids is 2. The van der Waals surface area contributed by atoms with Gasteiger partial charge in [-0.2, -0.15) is 0 Å². The Bertz CT molecular complexity index is 462. The van der Waals surface area contributed by atoms with E-state index in [-0.39, 0.29) is 5.91 Å². The second kappa shape index (κ2) is 7.83. The third kappa shape index (κ3) is 4.09. The topological polar surface area (TPSA) is 47.1 Å². The van der Waals surface area contributed by atoms with Crippen molar-refractivity contribution in [2.75, 3.05) is 58.9 Å². The van der Waals surface area contributed by atoms with Crippen LogP contribution in [0.5, 0.6) is 0 Å². The maximum Gasteiger partial charge on any atom is 0.222 e. The highest BCUT2D eigenvalue weighted by molar-refractivity contribution is 5.78. The molecule has 2 atom stereocenters. The van der Waals surface area contributed by atoms with Crippen LogP contribution in [-0.4, -0.2) is 96.4 Å². The highest BCUT2D eigenvalue weighted by Gasteiger charge is 2.35. The van der Waals surface area contributed by atoms with Gasteiger partial charge in [0.15, 0.2) is 0 Å². The molecule has 136 valence electrons. The van der Waals surface area contributed by atoms with Gasteiger partial charge in [0.25, 0.3) is 0 Å². The number of piperazine rings is 1. The Hall–Kier alpha value is -1.14. The summed E-state index contributed by atoms with van der Waals surface area (Å²) < 4.78 is 0. The minimum absolute atomic E-state index is 0.201. The van der Waals surface area contributed by atoms with Crippen LogP contribution in [-0.2, 0) is 9.59 Å². The predicted molar refractivity (Wildman–Crippen MR) is 93.7 cm³/mol. The van der Waals surface area contributed by atoms with Crippen LogP contribution < -0.4 is 0 Å². The Balaban J connectivity index is 1.40. The number of amides is 2. The van der Waals surface area contributed by atoms with Gasteiger partial charge in [0.2, 0.25) is 11.8 Å². The van der Waals surface area contributed by atoms with E-state index >= 15 is 0 Å². The molecule has 6 heteroatoms. The summed E-state index contributed by atoms with van der Waals surface area (Å²) in [6, 6.07) is 0.618. The van der Waals surface area contributed by atoms with Crippen molar-refractivity contribution in [3.63, 3.8) is 0 Å². The minimum Gasteiger partial charge on any atom is -0.343 e. The zero-order valence-electron chi connectivity index (χ0n) is 15.2. The van der Waals surface area contributed by atoms with Crippen molar-refractivity contribution >= 4 is 11.8 Å². The molecule has 0 N–H and O–H groups in total. The van der Waals surface area contributed by atoms with E-state index in [0.717, 1.165) is 78.2 Å². The molecule has 0 aromatic carbocycles. The maximum absolute atomic E-state index is 11.7. The van der Waals surface area contributed by atoms with E-state index in [1.807, 2.05) is 9.80 Å².